The van der Waals surface area contributed by atoms with Crippen LogP contribution in [-0.4, -0.2) is 18.6 Å². The number of benzene rings is 1. The highest BCUT2D eigenvalue weighted by molar-refractivity contribution is 7.98. The van der Waals surface area contributed by atoms with Crippen molar-refractivity contribution in [2.24, 2.45) is 5.92 Å². The van der Waals surface area contributed by atoms with E-state index in [0.717, 1.165) is 18.2 Å². The van der Waals surface area contributed by atoms with Crippen LogP contribution < -0.4 is 5.32 Å². The van der Waals surface area contributed by atoms with Gasteiger partial charge in [-0.05, 0) is 30.7 Å². The van der Waals surface area contributed by atoms with Crippen LogP contribution in [0.25, 0.3) is 0 Å². The first kappa shape index (κ1) is 13.6. The lowest BCUT2D eigenvalue weighted by atomic mass is 10.1. The molecule has 0 amide bonds. The fourth-order valence-corrected chi connectivity index (χ4v) is 2.31. The molecular formula is C14H23NS. The minimum absolute atomic E-state index is 0.495. The van der Waals surface area contributed by atoms with E-state index in [-0.39, 0.29) is 0 Å². The summed E-state index contributed by atoms with van der Waals surface area (Å²) in [4.78, 5) is 0. The molecule has 0 saturated carbocycles. The Morgan fingerprint density at radius 2 is 1.88 bits per heavy atom. The molecule has 1 nitrogen and oxygen atoms in total. The van der Waals surface area contributed by atoms with Gasteiger partial charge >= 0.3 is 0 Å². The normalized spacial score (nSPS) is 13.0. The Kier molecular flexibility index (Phi) is 6.58. The van der Waals surface area contributed by atoms with Gasteiger partial charge in [0.1, 0.15) is 0 Å². The third-order valence-electron chi connectivity index (χ3n) is 2.65. The molecule has 0 aliphatic carbocycles. The van der Waals surface area contributed by atoms with Gasteiger partial charge in [0.15, 0.2) is 0 Å². The SMILES string of the molecule is CSCC(NCCC(C)C)c1ccccc1. The van der Waals surface area contributed by atoms with Crippen LogP contribution in [-0.2, 0) is 0 Å². The summed E-state index contributed by atoms with van der Waals surface area (Å²) >= 11 is 1.90. The Labute approximate surface area is 104 Å². The van der Waals surface area contributed by atoms with Gasteiger partial charge in [0.05, 0.1) is 0 Å². The molecule has 1 aromatic rings. The molecule has 0 radical (unpaired) electrons. The highest BCUT2D eigenvalue weighted by atomic mass is 32.2. The molecule has 1 aromatic carbocycles. The van der Waals surface area contributed by atoms with Gasteiger partial charge in [0.2, 0.25) is 0 Å². The van der Waals surface area contributed by atoms with E-state index in [2.05, 4.69) is 55.8 Å². The highest BCUT2D eigenvalue weighted by Crippen LogP contribution is 2.16. The monoisotopic (exact) mass is 237 g/mol. The third-order valence-corrected chi connectivity index (χ3v) is 3.31. The summed E-state index contributed by atoms with van der Waals surface area (Å²) in [6, 6.07) is 11.2. The molecule has 0 bridgehead atoms. The van der Waals surface area contributed by atoms with Gasteiger partial charge in [-0.15, -0.1) is 0 Å². The molecule has 2 heteroatoms. The van der Waals surface area contributed by atoms with Crippen molar-refractivity contribution in [1.82, 2.24) is 5.32 Å². The van der Waals surface area contributed by atoms with Crippen LogP contribution >= 0.6 is 11.8 Å². The topological polar surface area (TPSA) is 12.0 Å². The number of rotatable bonds is 7. The number of nitrogens with one attached hydrogen (secondary N) is 1. The van der Waals surface area contributed by atoms with E-state index in [1.165, 1.54) is 12.0 Å². The van der Waals surface area contributed by atoms with Gasteiger partial charge in [-0.25, -0.2) is 0 Å². The lowest BCUT2D eigenvalue weighted by Gasteiger charge is -2.18. The standard InChI is InChI=1S/C14H23NS/c1-12(2)9-10-15-14(11-16-3)13-7-5-4-6-8-13/h4-8,12,14-15H,9-11H2,1-3H3. The van der Waals surface area contributed by atoms with E-state index < -0.39 is 0 Å². The average Bonchev–Trinajstić information content (AvgIpc) is 2.29. The van der Waals surface area contributed by atoms with Gasteiger partial charge in [-0.1, -0.05) is 44.2 Å². The summed E-state index contributed by atoms with van der Waals surface area (Å²) in [7, 11) is 0. The van der Waals surface area contributed by atoms with Crippen LogP contribution in [0.1, 0.15) is 31.9 Å². The largest absolute Gasteiger partial charge is 0.309 e. The van der Waals surface area contributed by atoms with Gasteiger partial charge in [-0.2, -0.15) is 11.8 Å². The van der Waals surface area contributed by atoms with E-state index in [4.69, 9.17) is 0 Å². The smallest absolute Gasteiger partial charge is 0.0411 e. The molecule has 0 saturated heterocycles. The van der Waals surface area contributed by atoms with Crippen molar-refractivity contribution in [2.45, 2.75) is 26.3 Å². The van der Waals surface area contributed by atoms with Gasteiger partial charge in [0.25, 0.3) is 0 Å². The molecule has 0 aliphatic rings. The summed E-state index contributed by atoms with van der Waals surface area (Å²) in [5.74, 6) is 1.92. The summed E-state index contributed by atoms with van der Waals surface area (Å²) in [6.07, 6.45) is 3.41. The molecule has 0 spiro atoms. The second-order valence-corrected chi connectivity index (χ2v) is 5.47. The van der Waals surface area contributed by atoms with Gasteiger partial charge in [0, 0.05) is 11.8 Å². The Balaban J connectivity index is 2.48. The molecule has 16 heavy (non-hydrogen) atoms. The van der Waals surface area contributed by atoms with Crippen LogP contribution in [0.3, 0.4) is 0 Å². The number of thioether (sulfide) groups is 1. The molecule has 90 valence electrons. The quantitative estimate of drug-likeness (QED) is 0.775. The highest BCUT2D eigenvalue weighted by Gasteiger charge is 2.09. The second-order valence-electron chi connectivity index (χ2n) is 4.56. The molecule has 0 aliphatic heterocycles. The fraction of sp³-hybridized carbons (Fsp3) is 0.571. The van der Waals surface area contributed by atoms with E-state index in [1.807, 2.05) is 11.8 Å². The Hall–Kier alpha value is -0.470. The first-order valence-electron chi connectivity index (χ1n) is 6.01. The Bertz CT molecular complexity index is 271. The number of hydrogen-bond donors (Lipinski definition) is 1. The maximum absolute atomic E-state index is 3.65. The molecule has 1 rings (SSSR count). The summed E-state index contributed by atoms with van der Waals surface area (Å²) in [6.45, 7) is 5.65. The summed E-state index contributed by atoms with van der Waals surface area (Å²) in [5, 5.41) is 3.65. The van der Waals surface area contributed by atoms with E-state index >= 15 is 0 Å². The molecular weight excluding hydrogens is 214 g/mol. The predicted octanol–water partition coefficient (Wildman–Crippen LogP) is 3.73. The second kappa shape index (κ2) is 7.75. The summed E-state index contributed by atoms with van der Waals surface area (Å²) in [5.41, 5.74) is 1.40. The fourth-order valence-electron chi connectivity index (χ4n) is 1.67. The van der Waals surface area contributed by atoms with Gasteiger partial charge < -0.3 is 5.32 Å². The van der Waals surface area contributed by atoms with Crippen molar-refractivity contribution in [3.05, 3.63) is 35.9 Å². The lowest BCUT2D eigenvalue weighted by molar-refractivity contribution is 0.500. The van der Waals surface area contributed by atoms with Crippen molar-refractivity contribution in [3.63, 3.8) is 0 Å². The van der Waals surface area contributed by atoms with Crippen molar-refractivity contribution in [3.8, 4) is 0 Å². The van der Waals surface area contributed by atoms with Crippen LogP contribution in [0.4, 0.5) is 0 Å². The zero-order chi connectivity index (χ0) is 11.8. The van der Waals surface area contributed by atoms with Crippen LogP contribution in [0.5, 0.6) is 0 Å². The van der Waals surface area contributed by atoms with Crippen molar-refractivity contribution < 1.29 is 0 Å². The van der Waals surface area contributed by atoms with Crippen LogP contribution in [0.15, 0.2) is 30.3 Å². The third kappa shape index (κ3) is 5.04. The Morgan fingerprint density at radius 1 is 1.19 bits per heavy atom. The zero-order valence-electron chi connectivity index (χ0n) is 10.6. The molecule has 1 atom stereocenters. The zero-order valence-corrected chi connectivity index (χ0v) is 11.4. The van der Waals surface area contributed by atoms with E-state index in [0.29, 0.717) is 6.04 Å². The van der Waals surface area contributed by atoms with Crippen molar-refractivity contribution in [2.75, 3.05) is 18.6 Å². The Morgan fingerprint density at radius 3 is 2.44 bits per heavy atom. The first-order valence-corrected chi connectivity index (χ1v) is 7.40. The average molecular weight is 237 g/mol. The first-order chi connectivity index (χ1) is 7.74. The van der Waals surface area contributed by atoms with Gasteiger partial charge in [-0.3, -0.25) is 0 Å². The predicted molar refractivity (Wildman–Crippen MR) is 75.0 cm³/mol. The molecule has 0 fully saturated rings. The maximum atomic E-state index is 3.65. The minimum Gasteiger partial charge on any atom is -0.309 e. The van der Waals surface area contributed by atoms with Crippen molar-refractivity contribution >= 4 is 11.8 Å². The molecule has 0 heterocycles. The van der Waals surface area contributed by atoms with E-state index in [1.54, 1.807) is 0 Å². The van der Waals surface area contributed by atoms with E-state index in [9.17, 15) is 0 Å². The lowest BCUT2D eigenvalue weighted by Crippen LogP contribution is -2.25. The van der Waals surface area contributed by atoms with Crippen LogP contribution in [0, 0.1) is 5.92 Å². The number of hydrogen-bond acceptors (Lipinski definition) is 2. The molecule has 1 N–H and O–H groups in total. The summed E-state index contributed by atoms with van der Waals surface area (Å²) < 4.78 is 0. The van der Waals surface area contributed by atoms with Crippen LogP contribution in [0.2, 0.25) is 0 Å². The minimum atomic E-state index is 0.495. The molecule has 0 aromatic heterocycles. The maximum Gasteiger partial charge on any atom is 0.0411 e. The molecule has 1 unspecified atom stereocenters. The van der Waals surface area contributed by atoms with Crippen molar-refractivity contribution in [1.29, 1.82) is 0 Å².